The van der Waals surface area contributed by atoms with Crippen molar-refractivity contribution in [3.8, 4) is 12.3 Å². The minimum atomic E-state index is -1.31. The lowest BCUT2D eigenvalue weighted by Gasteiger charge is -2.20. The van der Waals surface area contributed by atoms with Crippen molar-refractivity contribution in [2.24, 2.45) is 11.5 Å². The van der Waals surface area contributed by atoms with Gasteiger partial charge in [-0.15, -0.1) is 6.42 Å². The molecule has 0 spiro atoms. The molecule has 0 radical (unpaired) electrons. The van der Waals surface area contributed by atoms with Gasteiger partial charge in [0.25, 0.3) is 0 Å². The van der Waals surface area contributed by atoms with E-state index in [-0.39, 0.29) is 6.61 Å². The van der Waals surface area contributed by atoms with Crippen LogP contribution in [-0.4, -0.2) is 24.7 Å². The molecule has 0 unspecified atom stereocenters. The number of esters is 1. The molecule has 0 saturated heterocycles. The lowest BCUT2D eigenvalue weighted by molar-refractivity contribution is -0.147. The van der Waals surface area contributed by atoms with Gasteiger partial charge >= 0.3 is 5.97 Å². The van der Waals surface area contributed by atoms with Gasteiger partial charge in [-0.3, -0.25) is 0 Å². The molecule has 0 amide bonds. The van der Waals surface area contributed by atoms with Crippen LogP contribution in [0.3, 0.4) is 0 Å². The predicted octanol–water partition coefficient (Wildman–Crippen LogP) is -0.381. The Morgan fingerprint density at radius 3 is 2.69 bits per heavy atom. The van der Waals surface area contributed by atoms with Crippen LogP contribution < -0.4 is 11.5 Å². The third kappa shape index (κ3) is 3.45. The summed E-state index contributed by atoms with van der Waals surface area (Å²) in [5.74, 6) is 1.70. The van der Waals surface area contributed by atoms with Crippen molar-refractivity contribution in [2.75, 3.05) is 13.2 Å². The third-order valence-electron chi connectivity index (χ3n) is 1.67. The number of hydrogen-bond donors (Lipinski definition) is 2. The molecule has 1 atom stereocenters. The number of rotatable bonds is 5. The van der Waals surface area contributed by atoms with Gasteiger partial charge in [-0.2, -0.15) is 0 Å². The SMILES string of the molecule is C#C[C@](N)(CCCN)C(=O)OCC. The Morgan fingerprint density at radius 2 is 2.31 bits per heavy atom. The molecule has 0 fully saturated rings. The Morgan fingerprint density at radius 1 is 1.69 bits per heavy atom. The van der Waals surface area contributed by atoms with Crippen LogP contribution in [0.25, 0.3) is 0 Å². The summed E-state index contributed by atoms with van der Waals surface area (Å²) in [6.45, 7) is 2.44. The standard InChI is InChI=1S/C9H16N2O2/c1-3-9(11,6-5-7-10)8(12)13-4-2/h1H,4-7,10-11H2,2H3/t9-/m0/s1. The Bertz CT molecular complexity index is 210. The fraction of sp³-hybridized carbons (Fsp3) is 0.667. The van der Waals surface area contributed by atoms with E-state index < -0.39 is 11.5 Å². The van der Waals surface area contributed by atoms with Crippen LogP contribution in [0.15, 0.2) is 0 Å². The molecule has 0 aromatic carbocycles. The van der Waals surface area contributed by atoms with Crippen LogP contribution in [0.4, 0.5) is 0 Å². The lowest BCUT2D eigenvalue weighted by atomic mass is 9.96. The van der Waals surface area contributed by atoms with Crippen molar-refractivity contribution in [1.29, 1.82) is 0 Å². The van der Waals surface area contributed by atoms with E-state index in [2.05, 4.69) is 5.92 Å². The van der Waals surface area contributed by atoms with E-state index in [0.717, 1.165) is 0 Å². The van der Waals surface area contributed by atoms with E-state index in [1.54, 1.807) is 6.92 Å². The van der Waals surface area contributed by atoms with Gasteiger partial charge in [0.1, 0.15) is 0 Å². The highest BCUT2D eigenvalue weighted by molar-refractivity contribution is 5.84. The second-order valence-electron chi connectivity index (χ2n) is 2.73. The first kappa shape index (κ1) is 11.9. The largest absolute Gasteiger partial charge is 0.464 e. The molecule has 13 heavy (non-hydrogen) atoms. The molecule has 4 nitrogen and oxygen atoms in total. The van der Waals surface area contributed by atoms with E-state index in [1.165, 1.54) is 0 Å². The second kappa shape index (κ2) is 5.57. The zero-order chi connectivity index (χ0) is 10.3. The predicted molar refractivity (Wildman–Crippen MR) is 50.7 cm³/mol. The molecule has 0 aromatic heterocycles. The fourth-order valence-corrected chi connectivity index (χ4v) is 0.874. The molecule has 0 aliphatic rings. The van der Waals surface area contributed by atoms with E-state index in [1.807, 2.05) is 0 Å². The number of terminal acetylenes is 1. The van der Waals surface area contributed by atoms with Crippen LogP contribution in [0.2, 0.25) is 0 Å². The van der Waals surface area contributed by atoms with E-state index in [9.17, 15) is 4.79 Å². The third-order valence-corrected chi connectivity index (χ3v) is 1.67. The topological polar surface area (TPSA) is 78.3 Å². The molecule has 0 aliphatic carbocycles. The summed E-state index contributed by atoms with van der Waals surface area (Å²) >= 11 is 0. The van der Waals surface area contributed by atoms with Crippen molar-refractivity contribution in [1.82, 2.24) is 0 Å². The molecule has 74 valence electrons. The van der Waals surface area contributed by atoms with Gasteiger partial charge in [0.05, 0.1) is 6.61 Å². The summed E-state index contributed by atoms with van der Waals surface area (Å²) in [5, 5.41) is 0. The molecular weight excluding hydrogens is 168 g/mol. The zero-order valence-corrected chi connectivity index (χ0v) is 7.88. The summed E-state index contributed by atoms with van der Waals surface area (Å²) in [4.78, 5) is 11.3. The normalized spacial score (nSPS) is 14.3. The Kier molecular flexibility index (Phi) is 5.12. The van der Waals surface area contributed by atoms with Crippen LogP contribution in [0.1, 0.15) is 19.8 Å². The molecule has 0 aromatic rings. The number of ether oxygens (including phenoxy) is 1. The first-order chi connectivity index (χ1) is 6.10. The van der Waals surface area contributed by atoms with Gasteiger partial charge in [0, 0.05) is 0 Å². The molecule has 4 N–H and O–H groups in total. The molecule has 4 heteroatoms. The summed E-state index contributed by atoms with van der Waals surface area (Å²) in [6, 6.07) is 0. The Balaban J connectivity index is 4.27. The summed E-state index contributed by atoms with van der Waals surface area (Å²) in [6.07, 6.45) is 6.13. The van der Waals surface area contributed by atoms with Crippen molar-refractivity contribution < 1.29 is 9.53 Å². The van der Waals surface area contributed by atoms with Crippen LogP contribution in [0, 0.1) is 12.3 Å². The molecule has 0 bridgehead atoms. The summed E-state index contributed by atoms with van der Waals surface area (Å²) < 4.78 is 4.75. The smallest absolute Gasteiger partial charge is 0.338 e. The van der Waals surface area contributed by atoms with Crippen LogP contribution in [-0.2, 0) is 9.53 Å². The maximum Gasteiger partial charge on any atom is 0.338 e. The van der Waals surface area contributed by atoms with Gasteiger partial charge in [0.15, 0.2) is 5.54 Å². The summed E-state index contributed by atoms with van der Waals surface area (Å²) in [7, 11) is 0. The van der Waals surface area contributed by atoms with E-state index in [4.69, 9.17) is 22.6 Å². The number of carbonyl (C=O) groups is 1. The highest BCUT2D eigenvalue weighted by Crippen LogP contribution is 2.10. The minimum absolute atomic E-state index is 0.280. The summed E-state index contributed by atoms with van der Waals surface area (Å²) in [5.41, 5.74) is 9.62. The first-order valence-electron chi connectivity index (χ1n) is 4.24. The zero-order valence-electron chi connectivity index (χ0n) is 7.88. The average Bonchev–Trinajstić information content (AvgIpc) is 2.14. The van der Waals surface area contributed by atoms with Crippen molar-refractivity contribution in [3.05, 3.63) is 0 Å². The van der Waals surface area contributed by atoms with Crippen LogP contribution >= 0.6 is 0 Å². The number of nitrogens with two attached hydrogens (primary N) is 2. The van der Waals surface area contributed by atoms with Gasteiger partial charge in [-0.05, 0) is 26.3 Å². The maximum atomic E-state index is 11.3. The number of hydrogen-bond acceptors (Lipinski definition) is 4. The molecule has 0 aliphatic heterocycles. The van der Waals surface area contributed by atoms with E-state index >= 15 is 0 Å². The van der Waals surface area contributed by atoms with Gasteiger partial charge in [0.2, 0.25) is 0 Å². The Hall–Kier alpha value is -1.05. The maximum absolute atomic E-state index is 11.3. The number of carbonyl (C=O) groups excluding carboxylic acids is 1. The average molecular weight is 184 g/mol. The second-order valence-corrected chi connectivity index (χ2v) is 2.73. The molecule has 0 heterocycles. The van der Waals surface area contributed by atoms with Gasteiger partial charge in [-0.25, -0.2) is 4.79 Å². The molecular formula is C9H16N2O2. The lowest BCUT2D eigenvalue weighted by Crippen LogP contribution is -2.48. The highest BCUT2D eigenvalue weighted by Gasteiger charge is 2.32. The monoisotopic (exact) mass is 184 g/mol. The quantitative estimate of drug-likeness (QED) is 0.451. The van der Waals surface area contributed by atoms with Gasteiger partial charge in [-0.1, -0.05) is 5.92 Å². The van der Waals surface area contributed by atoms with Crippen molar-refractivity contribution in [2.45, 2.75) is 25.3 Å². The van der Waals surface area contributed by atoms with E-state index in [0.29, 0.717) is 19.4 Å². The fourth-order valence-electron chi connectivity index (χ4n) is 0.874. The van der Waals surface area contributed by atoms with Crippen LogP contribution in [0.5, 0.6) is 0 Å². The highest BCUT2D eigenvalue weighted by atomic mass is 16.5. The minimum Gasteiger partial charge on any atom is -0.464 e. The molecule has 0 rings (SSSR count). The first-order valence-corrected chi connectivity index (χ1v) is 4.24. The van der Waals surface area contributed by atoms with Crippen molar-refractivity contribution >= 4 is 5.97 Å². The van der Waals surface area contributed by atoms with Gasteiger partial charge < -0.3 is 16.2 Å². The molecule has 0 saturated carbocycles. The van der Waals surface area contributed by atoms with Crippen molar-refractivity contribution in [3.63, 3.8) is 0 Å². The Labute approximate surface area is 78.6 Å².